The number of pyridine rings is 1. The van der Waals surface area contributed by atoms with Crippen LogP contribution < -0.4 is 0 Å². The van der Waals surface area contributed by atoms with Crippen LogP contribution in [0.3, 0.4) is 0 Å². The molecule has 19 heavy (non-hydrogen) atoms. The predicted molar refractivity (Wildman–Crippen MR) is 68.0 cm³/mol. The van der Waals surface area contributed by atoms with Crippen molar-refractivity contribution in [3.8, 4) is 11.4 Å². The molecule has 0 aliphatic carbocycles. The normalized spacial score (nSPS) is 20.6. The molecule has 1 aliphatic rings. The van der Waals surface area contributed by atoms with Gasteiger partial charge in [-0.15, -0.1) is 0 Å². The van der Waals surface area contributed by atoms with Gasteiger partial charge in [-0.2, -0.15) is 4.98 Å². The van der Waals surface area contributed by atoms with E-state index in [1.165, 1.54) is 0 Å². The molecule has 100 valence electrons. The van der Waals surface area contributed by atoms with E-state index < -0.39 is 0 Å². The Morgan fingerprint density at radius 1 is 1.47 bits per heavy atom. The van der Waals surface area contributed by atoms with Crippen LogP contribution in [0, 0.1) is 0 Å². The fourth-order valence-electron chi connectivity index (χ4n) is 2.30. The van der Waals surface area contributed by atoms with Crippen molar-refractivity contribution >= 4 is 0 Å². The average molecular weight is 260 g/mol. The van der Waals surface area contributed by atoms with Crippen LogP contribution in [0.4, 0.5) is 0 Å². The maximum Gasteiger partial charge on any atom is 0.241 e. The highest BCUT2D eigenvalue weighted by molar-refractivity contribution is 5.51. The van der Waals surface area contributed by atoms with Crippen LogP contribution in [-0.2, 0) is 6.54 Å². The van der Waals surface area contributed by atoms with Gasteiger partial charge in [0.05, 0.1) is 12.6 Å². The zero-order chi connectivity index (χ0) is 13.1. The minimum Gasteiger partial charge on any atom is -0.392 e. The SMILES string of the molecule is OC1CCCN(Cc2nc(-c3cccnc3)no2)C1. The van der Waals surface area contributed by atoms with Crippen molar-refractivity contribution in [2.24, 2.45) is 0 Å². The molecule has 0 spiro atoms. The van der Waals surface area contributed by atoms with Crippen molar-refractivity contribution in [2.75, 3.05) is 13.1 Å². The summed E-state index contributed by atoms with van der Waals surface area (Å²) in [5.41, 5.74) is 0.844. The molecule has 1 N–H and O–H groups in total. The monoisotopic (exact) mass is 260 g/mol. The second-order valence-electron chi connectivity index (χ2n) is 4.78. The topological polar surface area (TPSA) is 75.3 Å². The van der Waals surface area contributed by atoms with E-state index in [1.54, 1.807) is 12.4 Å². The molecule has 0 saturated carbocycles. The van der Waals surface area contributed by atoms with Crippen molar-refractivity contribution in [3.63, 3.8) is 0 Å². The lowest BCUT2D eigenvalue weighted by atomic mass is 10.1. The molecule has 0 bridgehead atoms. The number of nitrogens with zero attached hydrogens (tertiary/aromatic N) is 4. The number of piperidine rings is 1. The molecule has 3 rings (SSSR count). The first-order valence-corrected chi connectivity index (χ1v) is 6.44. The summed E-state index contributed by atoms with van der Waals surface area (Å²) < 4.78 is 5.24. The molecule has 6 nitrogen and oxygen atoms in total. The fourth-order valence-corrected chi connectivity index (χ4v) is 2.30. The molecule has 1 fully saturated rings. The summed E-state index contributed by atoms with van der Waals surface area (Å²) in [5.74, 6) is 1.13. The van der Waals surface area contributed by atoms with Gasteiger partial charge in [-0.1, -0.05) is 5.16 Å². The third kappa shape index (κ3) is 2.97. The number of aliphatic hydroxyl groups excluding tert-OH is 1. The lowest BCUT2D eigenvalue weighted by molar-refractivity contribution is 0.0613. The van der Waals surface area contributed by atoms with Gasteiger partial charge in [0.1, 0.15) is 0 Å². The minimum absolute atomic E-state index is 0.241. The van der Waals surface area contributed by atoms with Gasteiger partial charge in [0, 0.05) is 24.5 Å². The summed E-state index contributed by atoms with van der Waals surface area (Å²) in [6.07, 6.45) is 5.06. The Balaban J connectivity index is 1.68. The standard InChI is InChI=1S/C13H16N4O2/c18-11-4-2-6-17(8-11)9-12-15-13(16-19-12)10-3-1-5-14-7-10/h1,3,5,7,11,18H,2,4,6,8-9H2. The first-order chi connectivity index (χ1) is 9.31. The van der Waals surface area contributed by atoms with E-state index >= 15 is 0 Å². The van der Waals surface area contributed by atoms with Crippen LogP contribution >= 0.6 is 0 Å². The van der Waals surface area contributed by atoms with E-state index in [0.29, 0.717) is 24.8 Å². The third-order valence-electron chi connectivity index (χ3n) is 3.23. The molecule has 1 aliphatic heterocycles. The Morgan fingerprint density at radius 2 is 2.42 bits per heavy atom. The zero-order valence-corrected chi connectivity index (χ0v) is 10.6. The van der Waals surface area contributed by atoms with E-state index in [4.69, 9.17) is 4.52 Å². The summed E-state index contributed by atoms with van der Waals surface area (Å²) >= 11 is 0. The average Bonchev–Trinajstić information content (AvgIpc) is 2.88. The van der Waals surface area contributed by atoms with Crippen LogP contribution in [-0.4, -0.2) is 44.3 Å². The Bertz CT molecular complexity index is 528. The van der Waals surface area contributed by atoms with E-state index in [9.17, 15) is 5.11 Å². The third-order valence-corrected chi connectivity index (χ3v) is 3.23. The zero-order valence-electron chi connectivity index (χ0n) is 10.6. The van der Waals surface area contributed by atoms with E-state index in [1.807, 2.05) is 12.1 Å². The summed E-state index contributed by atoms with van der Waals surface area (Å²) in [4.78, 5) is 10.5. The maximum absolute atomic E-state index is 9.62. The molecule has 0 radical (unpaired) electrons. The lowest BCUT2D eigenvalue weighted by Crippen LogP contribution is -2.37. The van der Waals surface area contributed by atoms with Gasteiger partial charge in [-0.25, -0.2) is 0 Å². The van der Waals surface area contributed by atoms with Crippen molar-refractivity contribution in [1.29, 1.82) is 0 Å². The van der Waals surface area contributed by atoms with Gasteiger partial charge in [0.15, 0.2) is 0 Å². The number of hydrogen-bond acceptors (Lipinski definition) is 6. The first kappa shape index (κ1) is 12.3. The van der Waals surface area contributed by atoms with Gasteiger partial charge >= 0.3 is 0 Å². The van der Waals surface area contributed by atoms with Gasteiger partial charge < -0.3 is 9.63 Å². The van der Waals surface area contributed by atoms with Gasteiger partial charge in [0.2, 0.25) is 11.7 Å². The molecule has 1 unspecified atom stereocenters. The van der Waals surface area contributed by atoms with E-state index in [-0.39, 0.29) is 6.10 Å². The smallest absolute Gasteiger partial charge is 0.241 e. The number of hydrogen-bond donors (Lipinski definition) is 1. The van der Waals surface area contributed by atoms with Crippen LogP contribution in [0.25, 0.3) is 11.4 Å². The number of likely N-dealkylation sites (tertiary alicyclic amines) is 1. The molecule has 3 heterocycles. The van der Waals surface area contributed by atoms with Crippen LogP contribution in [0.5, 0.6) is 0 Å². The highest BCUT2D eigenvalue weighted by Crippen LogP contribution is 2.16. The Kier molecular flexibility index (Phi) is 3.52. The Morgan fingerprint density at radius 3 is 3.21 bits per heavy atom. The first-order valence-electron chi connectivity index (χ1n) is 6.44. The van der Waals surface area contributed by atoms with Gasteiger partial charge in [-0.05, 0) is 31.5 Å². The Hall–Kier alpha value is -1.79. The molecule has 1 saturated heterocycles. The number of aliphatic hydroxyl groups is 1. The molecular weight excluding hydrogens is 244 g/mol. The fraction of sp³-hybridized carbons (Fsp3) is 0.462. The summed E-state index contributed by atoms with van der Waals surface area (Å²) in [7, 11) is 0. The minimum atomic E-state index is -0.241. The molecule has 2 aromatic heterocycles. The summed E-state index contributed by atoms with van der Waals surface area (Å²) in [6.45, 7) is 2.22. The van der Waals surface area contributed by atoms with Crippen molar-refractivity contribution in [3.05, 3.63) is 30.4 Å². The quantitative estimate of drug-likeness (QED) is 0.890. The summed E-state index contributed by atoms with van der Waals surface area (Å²) in [6, 6.07) is 3.73. The number of β-amino-alcohol motifs (C(OH)–C–C–N with tert-alkyl or cyclic N) is 1. The molecule has 1 atom stereocenters. The van der Waals surface area contributed by atoms with Crippen LogP contribution in [0.1, 0.15) is 18.7 Å². The van der Waals surface area contributed by atoms with E-state index in [2.05, 4.69) is 20.0 Å². The number of aromatic nitrogens is 3. The molecule has 2 aromatic rings. The van der Waals surface area contributed by atoms with E-state index in [0.717, 1.165) is 24.9 Å². The molecule has 6 heteroatoms. The maximum atomic E-state index is 9.62. The van der Waals surface area contributed by atoms with Crippen LogP contribution in [0.2, 0.25) is 0 Å². The van der Waals surface area contributed by atoms with Crippen molar-refractivity contribution < 1.29 is 9.63 Å². The molecule has 0 aromatic carbocycles. The highest BCUT2D eigenvalue weighted by Gasteiger charge is 2.20. The van der Waals surface area contributed by atoms with Crippen LogP contribution in [0.15, 0.2) is 29.0 Å². The second-order valence-corrected chi connectivity index (χ2v) is 4.78. The highest BCUT2D eigenvalue weighted by atomic mass is 16.5. The predicted octanol–water partition coefficient (Wildman–Crippen LogP) is 1.09. The van der Waals surface area contributed by atoms with Gasteiger partial charge in [0.25, 0.3) is 0 Å². The number of rotatable bonds is 3. The molecule has 0 amide bonds. The van der Waals surface area contributed by atoms with Gasteiger partial charge in [-0.3, -0.25) is 9.88 Å². The largest absolute Gasteiger partial charge is 0.392 e. The molecular formula is C13H16N4O2. The lowest BCUT2D eigenvalue weighted by Gasteiger charge is -2.28. The Labute approximate surface area is 111 Å². The van der Waals surface area contributed by atoms with Crippen molar-refractivity contribution in [2.45, 2.75) is 25.5 Å². The second kappa shape index (κ2) is 5.46. The van der Waals surface area contributed by atoms with Crippen molar-refractivity contribution in [1.82, 2.24) is 20.0 Å². The summed E-state index contributed by atoms with van der Waals surface area (Å²) in [5, 5.41) is 13.6.